The van der Waals surface area contributed by atoms with E-state index < -0.39 is 0 Å². The number of rotatable bonds is 3. The van der Waals surface area contributed by atoms with E-state index in [0.717, 1.165) is 17.9 Å². The summed E-state index contributed by atoms with van der Waals surface area (Å²) in [6.07, 6.45) is 4.70. The minimum atomic E-state index is -0.340. The third-order valence-electron chi connectivity index (χ3n) is 2.23. The first-order valence-corrected chi connectivity index (χ1v) is 4.97. The van der Waals surface area contributed by atoms with Gasteiger partial charge in [0.05, 0.1) is 12.4 Å². The molecule has 1 saturated carbocycles. The van der Waals surface area contributed by atoms with Crippen molar-refractivity contribution in [1.29, 1.82) is 0 Å². The predicted octanol–water partition coefficient (Wildman–Crippen LogP) is 2.88. The Labute approximate surface area is 79.7 Å². The molecule has 0 saturated heterocycles. The first kappa shape index (κ1) is 8.32. The van der Waals surface area contributed by atoms with Crippen LogP contribution in [0.2, 0.25) is 0 Å². The van der Waals surface area contributed by atoms with Gasteiger partial charge in [-0.1, -0.05) is 12.8 Å². The Bertz CT molecular complexity index is 265. The Balaban J connectivity index is 1.97. The summed E-state index contributed by atoms with van der Waals surface area (Å²) in [5.41, 5.74) is 0.883. The molecule has 1 aromatic rings. The Kier molecular flexibility index (Phi) is 2.24. The second kappa shape index (κ2) is 3.23. The molecule has 0 aliphatic heterocycles. The Morgan fingerprint density at radius 2 is 2.42 bits per heavy atom. The summed E-state index contributed by atoms with van der Waals surface area (Å²) in [6.45, 7) is 0. The van der Waals surface area contributed by atoms with Crippen LogP contribution in [0.3, 0.4) is 0 Å². The topological polar surface area (TPSA) is 33.4 Å². The lowest BCUT2D eigenvalue weighted by molar-refractivity contribution is 0.159. The fourth-order valence-electron chi connectivity index (χ4n) is 1.30. The Morgan fingerprint density at radius 1 is 1.67 bits per heavy atom. The van der Waals surface area contributed by atoms with Crippen LogP contribution in [0.15, 0.2) is 21.4 Å². The van der Waals surface area contributed by atoms with E-state index in [0.29, 0.717) is 4.67 Å². The molecule has 1 aliphatic carbocycles. The van der Waals surface area contributed by atoms with Crippen LogP contribution in [0, 0.1) is 5.92 Å². The van der Waals surface area contributed by atoms with E-state index in [1.54, 1.807) is 6.26 Å². The van der Waals surface area contributed by atoms with Gasteiger partial charge in [-0.2, -0.15) is 0 Å². The van der Waals surface area contributed by atoms with Crippen LogP contribution in [-0.2, 0) is 0 Å². The Morgan fingerprint density at radius 3 is 2.92 bits per heavy atom. The van der Waals surface area contributed by atoms with Gasteiger partial charge in [0.15, 0.2) is 4.67 Å². The van der Waals surface area contributed by atoms with Crippen molar-refractivity contribution in [2.75, 3.05) is 0 Å². The smallest absolute Gasteiger partial charge is 0.169 e. The van der Waals surface area contributed by atoms with Gasteiger partial charge < -0.3 is 9.52 Å². The third-order valence-corrected chi connectivity index (χ3v) is 2.64. The lowest BCUT2D eigenvalue weighted by atomic mass is 10.1. The summed E-state index contributed by atoms with van der Waals surface area (Å²) in [7, 11) is 0. The summed E-state index contributed by atoms with van der Waals surface area (Å²) in [5.74, 6) is 0.744. The molecular formula is C9H11BrO2. The fourth-order valence-corrected chi connectivity index (χ4v) is 1.66. The van der Waals surface area contributed by atoms with Crippen LogP contribution in [0.5, 0.6) is 0 Å². The van der Waals surface area contributed by atoms with Gasteiger partial charge in [-0.3, -0.25) is 0 Å². The van der Waals surface area contributed by atoms with E-state index in [1.807, 2.05) is 6.07 Å². The molecule has 12 heavy (non-hydrogen) atoms. The van der Waals surface area contributed by atoms with Crippen molar-refractivity contribution in [3.8, 4) is 0 Å². The average molecular weight is 231 g/mol. The van der Waals surface area contributed by atoms with Crippen molar-refractivity contribution >= 4 is 15.9 Å². The molecule has 1 fully saturated rings. The normalized spacial score (nSPS) is 19.5. The lowest BCUT2D eigenvalue weighted by Crippen LogP contribution is -1.95. The maximum absolute atomic E-state index is 9.66. The molecule has 0 radical (unpaired) electrons. The first-order valence-electron chi connectivity index (χ1n) is 4.17. The van der Waals surface area contributed by atoms with Crippen molar-refractivity contribution in [2.45, 2.75) is 25.4 Å². The molecule has 0 amide bonds. The van der Waals surface area contributed by atoms with Crippen molar-refractivity contribution in [1.82, 2.24) is 0 Å². The highest BCUT2D eigenvalue weighted by Gasteiger charge is 2.25. The van der Waals surface area contributed by atoms with Crippen molar-refractivity contribution in [3.05, 3.63) is 22.6 Å². The van der Waals surface area contributed by atoms with Gasteiger partial charge in [0.25, 0.3) is 0 Å². The van der Waals surface area contributed by atoms with Gasteiger partial charge in [-0.05, 0) is 34.3 Å². The number of aliphatic hydroxyl groups excluding tert-OH is 1. The molecule has 1 aliphatic rings. The largest absolute Gasteiger partial charge is 0.457 e. The number of hydrogen-bond donors (Lipinski definition) is 1. The van der Waals surface area contributed by atoms with Crippen LogP contribution >= 0.6 is 15.9 Å². The highest BCUT2D eigenvalue weighted by molar-refractivity contribution is 9.10. The molecule has 0 aromatic carbocycles. The van der Waals surface area contributed by atoms with Gasteiger partial charge in [-0.15, -0.1) is 0 Å². The highest BCUT2D eigenvalue weighted by atomic mass is 79.9. The predicted molar refractivity (Wildman–Crippen MR) is 48.7 cm³/mol. The first-order chi connectivity index (χ1) is 5.75. The average Bonchev–Trinajstić information content (AvgIpc) is 2.72. The van der Waals surface area contributed by atoms with E-state index in [4.69, 9.17) is 4.42 Å². The van der Waals surface area contributed by atoms with Crippen LogP contribution in [0.25, 0.3) is 0 Å². The molecule has 0 bridgehead atoms. The monoisotopic (exact) mass is 230 g/mol. The summed E-state index contributed by atoms with van der Waals surface area (Å²) >= 11 is 3.20. The standard InChI is InChI=1S/C9H11BrO2/c10-9-4-7(5-12-9)8(11)3-6-1-2-6/h4-6,8,11H,1-3H2. The number of furan rings is 1. The van der Waals surface area contributed by atoms with Gasteiger partial charge in [-0.25, -0.2) is 0 Å². The van der Waals surface area contributed by atoms with Crippen molar-refractivity contribution in [3.63, 3.8) is 0 Å². The second-order valence-electron chi connectivity index (χ2n) is 3.38. The van der Waals surface area contributed by atoms with Gasteiger partial charge in [0.1, 0.15) is 0 Å². The maximum atomic E-state index is 9.66. The zero-order valence-corrected chi connectivity index (χ0v) is 8.25. The van der Waals surface area contributed by atoms with Crippen molar-refractivity contribution in [2.24, 2.45) is 5.92 Å². The van der Waals surface area contributed by atoms with Crippen molar-refractivity contribution < 1.29 is 9.52 Å². The van der Waals surface area contributed by atoms with E-state index in [9.17, 15) is 5.11 Å². The quantitative estimate of drug-likeness (QED) is 0.867. The minimum absolute atomic E-state index is 0.340. The third kappa shape index (κ3) is 1.90. The maximum Gasteiger partial charge on any atom is 0.169 e. The SMILES string of the molecule is OC(CC1CC1)c1coc(Br)c1. The van der Waals surface area contributed by atoms with Gasteiger partial charge >= 0.3 is 0 Å². The summed E-state index contributed by atoms with van der Waals surface area (Å²) in [5, 5.41) is 9.66. The molecule has 66 valence electrons. The summed E-state index contributed by atoms with van der Waals surface area (Å²) in [4.78, 5) is 0. The van der Waals surface area contributed by atoms with Crippen LogP contribution < -0.4 is 0 Å². The minimum Gasteiger partial charge on any atom is -0.457 e. The molecule has 0 spiro atoms. The second-order valence-corrected chi connectivity index (χ2v) is 4.16. The molecule has 1 N–H and O–H groups in total. The van der Waals surface area contributed by atoms with Gasteiger partial charge in [0.2, 0.25) is 0 Å². The Hall–Kier alpha value is -0.280. The molecule has 1 heterocycles. The van der Waals surface area contributed by atoms with E-state index >= 15 is 0 Å². The molecule has 2 rings (SSSR count). The van der Waals surface area contributed by atoms with Crippen LogP contribution in [-0.4, -0.2) is 5.11 Å². The van der Waals surface area contributed by atoms with Gasteiger partial charge in [0, 0.05) is 5.56 Å². The number of hydrogen-bond acceptors (Lipinski definition) is 2. The van der Waals surface area contributed by atoms with E-state index in [1.165, 1.54) is 12.8 Å². The van der Waals surface area contributed by atoms with E-state index in [2.05, 4.69) is 15.9 Å². The molecule has 1 aromatic heterocycles. The fraction of sp³-hybridized carbons (Fsp3) is 0.556. The molecule has 1 atom stereocenters. The zero-order chi connectivity index (χ0) is 8.55. The van der Waals surface area contributed by atoms with Crippen LogP contribution in [0.1, 0.15) is 30.9 Å². The molecular weight excluding hydrogens is 220 g/mol. The highest BCUT2D eigenvalue weighted by Crippen LogP contribution is 2.38. The molecule has 2 nitrogen and oxygen atoms in total. The summed E-state index contributed by atoms with van der Waals surface area (Å²) < 4.78 is 5.73. The molecule has 1 unspecified atom stereocenters. The van der Waals surface area contributed by atoms with Crippen LogP contribution in [0.4, 0.5) is 0 Å². The van der Waals surface area contributed by atoms with E-state index in [-0.39, 0.29) is 6.10 Å². The number of halogens is 1. The lowest BCUT2D eigenvalue weighted by Gasteiger charge is -2.05. The summed E-state index contributed by atoms with van der Waals surface area (Å²) in [6, 6.07) is 1.83. The zero-order valence-electron chi connectivity index (χ0n) is 6.66. The molecule has 3 heteroatoms. The number of aliphatic hydroxyl groups is 1.